The molecule has 0 saturated carbocycles. The van der Waals surface area contributed by atoms with Crippen LogP contribution in [0.4, 0.5) is 11.4 Å². The second kappa shape index (κ2) is 9.57. The fourth-order valence-electron chi connectivity index (χ4n) is 2.27. The van der Waals surface area contributed by atoms with Gasteiger partial charge in [-0.3, -0.25) is 9.52 Å². The van der Waals surface area contributed by atoms with E-state index in [1.807, 2.05) is 6.07 Å². The molecule has 3 aromatic carbocycles. The molecule has 0 saturated heterocycles. The van der Waals surface area contributed by atoms with Crippen molar-refractivity contribution in [1.82, 2.24) is 0 Å². The fraction of sp³-hybridized carbons (Fsp3) is 0. The van der Waals surface area contributed by atoms with Crippen LogP contribution in [-0.2, 0) is 10.0 Å². The third-order valence-corrected chi connectivity index (χ3v) is 4.89. The molecule has 2 N–H and O–H groups in total. The van der Waals surface area contributed by atoms with Crippen molar-refractivity contribution in [2.45, 2.75) is 4.90 Å². The van der Waals surface area contributed by atoms with E-state index in [0.717, 1.165) is 0 Å². The van der Waals surface area contributed by atoms with Gasteiger partial charge in [0.1, 0.15) is 0 Å². The first-order valence-electron chi connectivity index (χ1n) is 7.59. The zero-order chi connectivity index (χ0) is 17.7. The van der Waals surface area contributed by atoms with E-state index in [-0.39, 0.29) is 70.4 Å². The van der Waals surface area contributed by atoms with E-state index in [9.17, 15) is 13.2 Å². The molecule has 1 amide bonds. The van der Waals surface area contributed by atoms with Gasteiger partial charge >= 0.3 is 58.2 Å². The summed E-state index contributed by atoms with van der Waals surface area (Å²) in [6.45, 7) is 0. The van der Waals surface area contributed by atoms with Crippen molar-refractivity contribution in [3.8, 4) is 0 Å². The maximum absolute atomic E-state index is 12.5. The molecule has 128 valence electrons. The maximum Gasteiger partial charge on any atom is 1.00 e. The molecule has 0 bridgehead atoms. The molecule has 0 aliphatic rings. The zero-order valence-electron chi connectivity index (χ0n) is 15.2. The van der Waals surface area contributed by atoms with Crippen molar-refractivity contribution in [2.75, 3.05) is 10.0 Å². The SMILES string of the molecule is O=C(Nc1ccccc1NS(=O)(=O)c1ccccc1)c1ccccc1.[H-].[Rb+]. The Morgan fingerprint density at radius 3 is 1.85 bits per heavy atom. The number of benzene rings is 3. The number of nitrogens with one attached hydrogen (secondary N) is 2. The van der Waals surface area contributed by atoms with Crippen LogP contribution < -0.4 is 68.2 Å². The van der Waals surface area contributed by atoms with Gasteiger partial charge in [0.25, 0.3) is 15.9 Å². The Kier molecular flexibility index (Phi) is 7.73. The smallest absolute Gasteiger partial charge is 1.00 e. The molecule has 0 aromatic heterocycles. The summed E-state index contributed by atoms with van der Waals surface area (Å²) in [5, 5.41) is 2.73. The quantitative estimate of drug-likeness (QED) is 0.620. The predicted octanol–water partition coefficient (Wildman–Crippen LogP) is 0.856. The Balaban J connectivity index is 0.00000182. The molecule has 0 unspecified atom stereocenters. The van der Waals surface area contributed by atoms with E-state index in [1.54, 1.807) is 66.7 Å². The molecule has 3 rings (SSSR count). The Morgan fingerprint density at radius 1 is 0.731 bits per heavy atom. The number of rotatable bonds is 5. The monoisotopic (exact) mass is 438 g/mol. The van der Waals surface area contributed by atoms with Gasteiger partial charge in [0.2, 0.25) is 0 Å². The fourth-order valence-corrected chi connectivity index (χ4v) is 3.37. The van der Waals surface area contributed by atoms with Crippen molar-refractivity contribution in [2.24, 2.45) is 0 Å². The van der Waals surface area contributed by atoms with Crippen molar-refractivity contribution >= 4 is 27.3 Å². The van der Waals surface area contributed by atoms with E-state index < -0.39 is 10.0 Å². The summed E-state index contributed by atoms with van der Waals surface area (Å²) < 4.78 is 27.5. The Morgan fingerprint density at radius 2 is 1.23 bits per heavy atom. The van der Waals surface area contributed by atoms with Gasteiger partial charge in [-0.1, -0.05) is 48.5 Å². The Hall–Kier alpha value is -1.31. The topological polar surface area (TPSA) is 75.3 Å². The van der Waals surface area contributed by atoms with Crippen LogP contribution in [0.5, 0.6) is 0 Å². The second-order valence-corrected chi connectivity index (χ2v) is 6.97. The molecule has 3 aromatic rings. The number of sulfonamides is 1. The third kappa shape index (κ3) is 5.34. The minimum absolute atomic E-state index is 0. The molecule has 0 heterocycles. The average Bonchev–Trinajstić information content (AvgIpc) is 2.64. The van der Waals surface area contributed by atoms with Gasteiger partial charge in [0.05, 0.1) is 16.3 Å². The van der Waals surface area contributed by atoms with Gasteiger partial charge < -0.3 is 6.74 Å². The summed E-state index contributed by atoms with van der Waals surface area (Å²) in [5.74, 6) is -0.313. The zero-order valence-corrected chi connectivity index (χ0v) is 19.9. The van der Waals surface area contributed by atoms with Crippen LogP contribution in [0.15, 0.2) is 89.8 Å². The molecule has 26 heavy (non-hydrogen) atoms. The second-order valence-electron chi connectivity index (χ2n) is 5.28. The summed E-state index contributed by atoms with van der Waals surface area (Å²) in [7, 11) is -3.74. The van der Waals surface area contributed by atoms with E-state index in [4.69, 9.17) is 0 Å². The molecule has 0 fully saturated rings. The van der Waals surface area contributed by atoms with Crippen LogP contribution in [0.25, 0.3) is 0 Å². The predicted molar refractivity (Wildman–Crippen MR) is 99.2 cm³/mol. The summed E-state index contributed by atoms with van der Waals surface area (Å²) in [6.07, 6.45) is 0. The largest absolute Gasteiger partial charge is 1.00 e. The number of carbonyl (C=O) groups is 1. The van der Waals surface area contributed by atoms with Crippen LogP contribution >= 0.6 is 0 Å². The number of anilines is 2. The van der Waals surface area contributed by atoms with E-state index in [0.29, 0.717) is 16.9 Å². The minimum Gasteiger partial charge on any atom is -1.00 e. The van der Waals surface area contributed by atoms with Gasteiger partial charge in [-0.15, -0.1) is 0 Å². The minimum atomic E-state index is -3.74. The van der Waals surface area contributed by atoms with Crippen LogP contribution in [0, 0.1) is 0 Å². The first-order chi connectivity index (χ1) is 12.1. The summed E-state index contributed by atoms with van der Waals surface area (Å²) in [4.78, 5) is 12.5. The third-order valence-electron chi connectivity index (χ3n) is 3.51. The van der Waals surface area contributed by atoms with Crippen molar-refractivity contribution in [3.05, 3.63) is 90.5 Å². The molecular weight excluding hydrogens is 422 g/mol. The molecule has 0 aliphatic carbocycles. The average molecular weight is 439 g/mol. The molecule has 0 aliphatic heterocycles. The molecule has 0 atom stereocenters. The van der Waals surface area contributed by atoms with Crippen LogP contribution in [-0.4, -0.2) is 14.3 Å². The molecule has 0 spiro atoms. The molecule has 5 nitrogen and oxygen atoms in total. The van der Waals surface area contributed by atoms with Crippen molar-refractivity contribution < 1.29 is 72.8 Å². The number of hydrogen-bond donors (Lipinski definition) is 2. The summed E-state index contributed by atoms with van der Waals surface area (Å²) >= 11 is 0. The Bertz CT molecular complexity index is 984. The van der Waals surface area contributed by atoms with Crippen LogP contribution in [0.1, 0.15) is 11.8 Å². The van der Waals surface area contributed by atoms with Gasteiger partial charge in [-0.05, 0) is 36.4 Å². The van der Waals surface area contributed by atoms with Crippen LogP contribution in [0.3, 0.4) is 0 Å². The Labute approximate surface area is 203 Å². The number of amides is 1. The molecule has 0 radical (unpaired) electrons. The first-order valence-corrected chi connectivity index (χ1v) is 9.08. The maximum atomic E-state index is 12.5. The summed E-state index contributed by atoms with van der Waals surface area (Å²) in [6, 6.07) is 23.4. The molecular formula is C19H17N2O3RbS. The van der Waals surface area contributed by atoms with Gasteiger partial charge in [0.15, 0.2) is 0 Å². The number of carbonyl (C=O) groups excluding carboxylic acids is 1. The van der Waals surface area contributed by atoms with Crippen LogP contribution in [0.2, 0.25) is 0 Å². The van der Waals surface area contributed by atoms with E-state index in [1.165, 1.54) is 12.1 Å². The van der Waals surface area contributed by atoms with E-state index in [2.05, 4.69) is 10.0 Å². The van der Waals surface area contributed by atoms with Gasteiger partial charge in [-0.2, -0.15) is 0 Å². The number of para-hydroxylation sites is 2. The first kappa shape index (κ1) is 21.0. The molecule has 7 heteroatoms. The normalized spacial score (nSPS) is 10.5. The number of hydrogen-bond acceptors (Lipinski definition) is 3. The van der Waals surface area contributed by atoms with Gasteiger partial charge in [0, 0.05) is 5.56 Å². The van der Waals surface area contributed by atoms with Gasteiger partial charge in [-0.25, -0.2) is 8.42 Å². The van der Waals surface area contributed by atoms with Crippen molar-refractivity contribution in [3.63, 3.8) is 0 Å². The van der Waals surface area contributed by atoms with Crippen molar-refractivity contribution in [1.29, 1.82) is 0 Å². The standard InChI is InChI=1S/C19H16N2O3S.Rb.H/c22-19(15-9-3-1-4-10-15)20-17-13-7-8-14-18(17)21-25(23,24)16-11-5-2-6-12-16;;/h1-14,21H,(H,20,22);;/q;+1;-1. The summed E-state index contributed by atoms with van der Waals surface area (Å²) in [5.41, 5.74) is 1.18. The van der Waals surface area contributed by atoms with E-state index >= 15 is 0 Å².